The molecule has 0 saturated carbocycles. The Morgan fingerprint density at radius 1 is 0.595 bits per heavy atom. The lowest BCUT2D eigenvalue weighted by atomic mass is 10.1. The summed E-state index contributed by atoms with van der Waals surface area (Å²) in [5.74, 6) is 7.65. The summed E-state index contributed by atoms with van der Waals surface area (Å²) in [6, 6.07) is 25.7. The number of hydrogen-bond donors (Lipinski definition) is 0. The van der Waals surface area contributed by atoms with Crippen molar-refractivity contribution in [1.82, 2.24) is 0 Å². The number of benzene rings is 3. The van der Waals surface area contributed by atoms with Gasteiger partial charge in [-0.25, -0.2) is 9.59 Å². The van der Waals surface area contributed by atoms with Crippen molar-refractivity contribution in [3.8, 4) is 46.0 Å². The van der Waals surface area contributed by atoms with Crippen LogP contribution in [0.2, 0.25) is 0 Å². The summed E-state index contributed by atoms with van der Waals surface area (Å²) in [7, 11) is 0. The van der Waals surface area contributed by atoms with E-state index in [4.69, 9.17) is 13.9 Å². The van der Waals surface area contributed by atoms with Crippen molar-refractivity contribution in [1.29, 1.82) is 0 Å². The van der Waals surface area contributed by atoms with Gasteiger partial charge in [-0.05, 0) is 86.6 Å². The van der Waals surface area contributed by atoms with E-state index in [1.165, 1.54) is 0 Å². The van der Waals surface area contributed by atoms with E-state index in [0.717, 1.165) is 28.0 Å². The Morgan fingerprint density at radius 2 is 0.946 bits per heavy atom. The van der Waals surface area contributed by atoms with E-state index in [1.807, 2.05) is 48.5 Å². The van der Waals surface area contributed by atoms with Gasteiger partial charge in [0.1, 0.15) is 23.0 Å². The van der Waals surface area contributed by atoms with Crippen LogP contribution >= 0.6 is 0 Å². The van der Waals surface area contributed by atoms with E-state index < -0.39 is 11.9 Å². The Morgan fingerprint density at radius 3 is 1.35 bits per heavy atom. The van der Waals surface area contributed by atoms with E-state index in [0.29, 0.717) is 28.4 Å². The van der Waals surface area contributed by atoms with Gasteiger partial charge in [0.15, 0.2) is 0 Å². The Labute approximate surface area is 215 Å². The van der Waals surface area contributed by atoms with E-state index in [2.05, 4.69) is 25.0 Å². The van der Waals surface area contributed by atoms with Crippen LogP contribution in [0.25, 0.3) is 22.6 Å². The van der Waals surface area contributed by atoms with Crippen LogP contribution in [0, 0.1) is 11.8 Å². The molecule has 182 valence electrons. The molecular weight excluding hydrogens is 464 g/mol. The van der Waals surface area contributed by atoms with Gasteiger partial charge < -0.3 is 13.9 Å². The standard InChI is InChI=1S/C32H24O5/c1-21(2)31(33)35-27-15-9-24(10-16-27)6-5-23-7-11-25(12-8-23)29-19-20-30(37-29)26-13-17-28(18-14-26)36-32(34)22(3)4/h7-20H,1,3H2,2,4H3. The third-order valence-corrected chi connectivity index (χ3v) is 5.24. The fraction of sp³-hybridized carbons (Fsp3) is 0.0625. The zero-order valence-corrected chi connectivity index (χ0v) is 20.5. The van der Waals surface area contributed by atoms with Crippen LogP contribution < -0.4 is 9.47 Å². The molecule has 0 unspecified atom stereocenters. The molecule has 3 aromatic carbocycles. The van der Waals surface area contributed by atoms with Crippen molar-refractivity contribution in [2.75, 3.05) is 0 Å². The summed E-state index contributed by atoms with van der Waals surface area (Å²) in [6.45, 7) is 10.4. The molecule has 1 aromatic heterocycles. The summed E-state index contributed by atoms with van der Waals surface area (Å²) in [5, 5.41) is 0. The highest BCUT2D eigenvalue weighted by atomic mass is 16.5. The highest BCUT2D eigenvalue weighted by Gasteiger charge is 2.09. The molecule has 0 N–H and O–H groups in total. The summed E-state index contributed by atoms with van der Waals surface area (Å²) in [6.07, 6.45) is 0. The van der Waals surface area contributed by atoms with Gasteiger partial charge in [0.2, 0.25) is 0 Å². The third kappa shape index (κ3) is 6.53. The van der Waals surface area contributed by atoms with Crippen LogP contribution in [0.3, 0.4) is 0 Å². The minimum Gasteiger partial charge on any atom is -0.456 e. The first-order chi connectivity index (χ1) is 17.8. The summed E-state index contributed by atoms with van der Waals surface area (Å²) in [5.41, 5.74) is 4.13. The highest BCUT2D eigenvalue weighted by molar-refractivity contribution is 5.89. The number of carbonyl (C=O) groups is 2. The van der Waals surface area contributed by atoms with E-state index >= 15 is 0 Å². The first-order valence-electron chi connectivity index (χ1n) is 11.5. The van der Waals surface area contributed by atoms with Gasteiger partial charge in [0.05, 0.1) is 0 Å². The van der Waals surface area contributed by atoms with Gasteiger partial charge >= 0.3 is 11.9 Å². The maximum Gasteiger partial charge on any atom is 0.338 e. The molecule has 37 heavy (non-hydrogen) atoms. The third-order valence-electron chi connectivity index (χ3n) is 5.24. The number of ether oxygens (including phenoxy) is 2. The topological polar surface area (TPSA) is 65.7 Å². The molecule has 0 spiro atoms. The van der Waals surface area contributed by atoms with E-state index in [1.54, 1.807) is 50.2 Å². The SMILES string of the molecule is C=C(C)C(=O)Oc1ccc(C#Cc2ccc(-c3ccc(-c4ccc(OC(=O)C(=C)C)cc4)o3)cc2)cc1. The molecule has 5 nitrogen and oxygen atoms in total. The average molecular weight is 489 g/mol. The molecule has 0 bridgehead atoms. The van der Waals surface area contributed by atoms with Crippen LogP contribution in [-0.4, -0.2) is 11.9 Å². The van der Waals surface area contributed by atoms with Crippen molar-refractivity contribution < 1.29 is 23.5 Å². The molecule has 0 atom stereocenters. The normalized spacial score (nSPS) is 10.1. The lowest BCUT2D eigenvalue weighted by molar-refractivity contribution is -0.130. The Kier molecular flexibility index (Phi) is 7.51. The lowest BCUT2D eigenvalue weighted by Crippen LogP contribution is -2.07. The Hall–Kier alpha value is -5.08. The smallest absolute Gasteiger partial charge is 0.338 e. The molecule has 0 fully saturated rings. The molecular formula is C32H24O5. The molecule has 0 radical (unpaired) electrons. The quantitative estimate of drug-likeness (QED) is 0.127. The van der Waals surface area contributed by atoms with Gasteiger partial charge in [-0.15, -0.1) is 0 Å². The fourth-order valence-corrected chi connectivity index (χ4v) is 3.19. The number of furan rings is 1. The second-order valence-electron chi connectivity index (χ2n) is 8.38. The van der Waals surface area contributed by atoms with Gasteiger partial charge in [0, 0.05) is 33.4 Å². The Bertz CT molecular complexity index is 1520. The number of carbonyl (C=O) groups excluding carboxylic acids is 2. The zero-order valence-electron chi connectivity index (χ0n) is 20.5. The Balaban J connectivity index is 1.40. The predicted octanol–water partition coefficient (Wildman–Crippen LogP) is 6.98. The highest BCUT2D eigenvalue weighted by Crippen LogP contribution is 2.30. The largest absolute Gasteiger partial charge is 0.456 e. The minimum absolute atomic E-state index is 0.342. The number of rotatable bonds is 6. The van der Waals surface area contributed by atoms with Crippen LogP contribution in [0.5, 0.6) is 11.5 Å². The lowest BCUT2D eigenvalue weighted by Gasteiger charge is -2.04. The first-order valence-corrected chi connectivity index (χ1v) is 11.5. The second kappa shape index (κ2) is 11.1. The van der Waals surface area contributed by atoms with Crippen LogP contribution in [0.1, 0.15) is 25.0 Å². The zero-order chi connectivity index (χ0) is 26.4. The molecule has 0 saturated heterocycles. The molecule has 4 aromatic rings. The van der Waals surface area contributed by atoms with Crippen LogP contribution in [-0.2, 0) is 9.59 Å². The summed E-state index contributed by atoms with van der Waals surface area (Å²) in [4.78, 5) is 23.3. The summed E-state index contributed by atoms with van der Waals surface area (Å²) >= 11 is 0. The minimum atomic E-state index is -0.458. The molecule has 5 heteroatoms. The van der Waals surface area contributed by atoms with Crippen molar-refractivity contribution in [2.24, 2.45) is 0 Å². The molecule has 0 aliphatic heterocycles. The maximum absolute atomic E-state index is 11.7. The first kappa shape index (κ1) is 25.0. The molecule has 4 rings (SSSR count). The van der Waals surface area contributed by atoms with E-state index in [9.17, 15) is 9.59 Å². The van der Waals surface area contributed by atoms with Gasteiger partial charge in [-0.2, -0.15) is 0 Å². The number of hydrogen-bond acceptors (Lipinski definition) is 5. The van der Waals surface area contributed by atoms with Crippen molar-refractivity contribution in [2.45, 2.75) is 13.8 Å². The predicted molar refractivity (Wildman–Crippen MR) is 143 cm³/mol. The molecule has 0 aliphatic rings. The van der Waals surface area contributed by atoms with Crippen LogP contribution in [0.15, 0.2) is 114 Å². The van der Waals surface area contributed by atoms with E-state index in [-0.39, 0.29) is 0 Å². The van der Waals surface area contributed by atoms with Gasteiger partial charge in [-0.1, -0.05) is 37.1 Å². The number of esters is 2. The maximum atomic E-state index is 11.7. The van der Waals surface area contributed by atoms with Crippen molar-refractivity contribution >= 4 is 11.9 Å². The second-order valence-corrected chi connectivity index (χ2v) is 8.38. The monoisotopic (exact) mass is 488 g/mol. The average Bonchev–Trinajstić information content (AvgIpc) is 3.39. The van der Waals surface area contributed by atoms with Crippen molar-refractivity contribution in [3.05, 3.63) is 120 Å². The van der Waals surface area contributed by atoms with Crippen molar-refractivity contribution in [3.63, 3.8) is 0 Å². The molecule has 0 amide bonds. The fourth-order valence-electron chi connectivity index (χ4n) is 3.19. The summed E-state index contributed by atoms with van der Waals surface area (Å²) < 4.78 is 16.5. The molecule has 0 aliphatic carbocycles. The van der Waals surface area contributed by atoms with Gasteiger partial charge in [-0.3, -0.25) is 0 Å². The molecule has 1 heterocycles. The van der Waals surface area contributed by atoms with Gasteiger partial charge in [0.25, 0.3) is 0 Å². The van der Waals surface area contributed by atoms with Crippen LogP contribution in [0.4, 0.5) is 0 Å².